The van der Waals surface area contributed by atoms with Crippen molar-refractivity contribution in [2.24, 2.45) is 0 Å². The maximum Gasteiger partial charge on any atom is 0.254 e. The van der Waals surface area contributed by atoms with Gasteiger partial charge in [-0.25, -0.2) is 4.98 Å². The van der Waals surface area contributed by atoms with Crippen LogP contribution in [0.15, 0.2) is 42.4 Å². The number of anilines is 1. The first-order chi connectivity index (χ1) is 13.7. The molecule has 2 N–H and O–H groups in total. The first kappa shape index (κ1) is 16.6. The zero-order chi connectivity index (χ0) is 19.1. The van der Waals surface area contributed by atoms with E-state index in [4.69, 9.17) is 4.98 Å². The maximum atomic E-state index is 11.9. The molecule has 2 aliphatic rings. The van der Waals surface area contributed by atoms with Crippen LogP contribution in [0.1, 0.15) is 36.1 Å². The van der Waals surface area contributed by atoms with Gasteiger partial charge in [-0.3, -0.25) is 19.9 Å². The second kappa shape index (κ2) is 6.56. The van der Waals surface area contributed by atoms with Crippen molar-refractivity contribution in [2.75, 3.05) is 5.32 Å². The number of imide groups is 1. The van der Waals surface area contributed by atoms with E-state index in [0.29, 0.717) is 23.7 Å². The van der Waals surface area contributed by atoms with Gasteiger partial charge in [0.25, 0.3) is 5.91 Å². The summed E-state index contributed by atoms with van der Waals surface area (Å²) in [5.74, 6) is 0.247. The van der Waals surface area contributed by atoms with Crippen LogP contribution in [0.3, 0.4) is 0 Å². The Morgan fingerprint density at radius 2 is 2.07 bits per heavy atom. The Hall–Kier alpha value is -3.55. The van der Waals surface area contributed by atoms with E-state index in [-0.39, 0.29) is 18.2 Å². The maximum absolute atomic E-state index is 11.9. The first-order valence-corrected chi connectivity index (χ1v) is 9.23. The fourth-order valence-corrected chi connectivity index (χ4v) is 3.28. The first-order valence-electron chi connectivity index (χ1n) is 9.23. The Morgan fingerprint density at radius 1 is 1.25 bits per heavy atom. The monoisotopic (exact) mass is 374 g/mol. The summed E-state index contributed by atoms with van der Waals surface area (Å²) in [4.78, 5) is 32.2. The number of fused-ring (bicyclic) bond motifs is 1. The largest absolute Gasteiger partial charge is 0.367 e. The molecule has 0 spiro atoms. The normalized spacial score (nSPS) is 18.1. The molecule has 4 heterocycles. The predicted molar refractivity (Wildman–Crippen MR) is 102 cm³/mol. The Labute approximate surface area is 160 Å². The van der Waals surface area contributed by atoms with E-state index in [1.807, 2.05) is 18.2 Å². The SMILES string of the molecule is O=C1C/C(=C\c2cnn3c(NC4CC4)cc(Cc4ccncc4)nc23)C(=O)N1. The molecule has 1 aliphatic heterocycles. The van der Waals surface area contributed by atoms with E-state index in [1.54, 1.807) is 29.2 Å². The molecular formula is C20H18N6O2. The lowest BCUT2D eigenvalue weighted by Gasteiger charge is -2.10. The van der Waals surface area contributed by atoms with Crippen molar-refractivity contribution < 1.29 is 9.59 Å². The lowest BCUT2D eigenvalue weighted by molar-refractivity contribution is -0.124. The Morgan fingerprint density at radius 3 is 2.79 bits per heavy atom. The van der Waals surface area contributed by atoms with Crippen molar-refractivity contribution >= 4 is 29.4 Å². The summed E-state index contributed by atoms with van der Waals surface area (Å²) in [6.45, 7) is 0. The number of carbonyl (C=O) groups excluding carboxylic acids is 2. The van der Waals surface area contributed by atoms with E-state index in [9.17, 15) is 9.59 Å². The molecule has 5 rings (SSSR count). The van der Waals surface area contributed by atoms with Gasteiger partial charge in [0.15, 0.2) is 5.65 Å². The smallest absolute Gasteiger partial charge is 0.254 e. The number of amides is 2. The summed E-state index contributed by atoms with van der Waals surface area (Å²) in [6, 6.07) is 6.41. The van der Waals surface area contributed by atoms with Crippen LogP contribution in [0.4, 0.5) is 5.82 Å². The number of rotatable bonds is 5. The third-order valence-corrected chi connectivity index (χ3v) is 4.84. The molecule has 1 saturated heterocycles. The van der Waals surface area contributed by atoms with Crippen LogP contribution in [0.2, 0.25) is 0 Å². The second-order valence-corrected chi connectivity index (χ2v) is 7.14. The Kier molecular flexibility index (Phi) is 3.89. The number of nitrogens with zero attached hydrogens (tertiary/aromatic N) is 4. The molecule has 1 aliphatic carbocycles. The molecule has 2 amide bonds. The van der Waals surface area contributed by atoms with E-state index in [1.165, 1.54) is 0 Å². The molecule has 1 saturated carbocycles. The molecule has 3 aromatic heterocycles. The average molecular weight is 374 g/mol. The zero-order valence-electron chi connectivity index (χ0n) is 15.1. The quantitative estimate of drug-likeness (QED) is 0.521. The highest BCUT2D eigenvalue weighted by Crippen LogP contribution is 2.27. The fraction of sp³-hybridized carbons (Fsp3) is 0.250. The number of nitrogens with one attached hydrogen (secondary N) is 2. The Bertz CT molecular complexity index is 1110. The van der Waals surface area contributed by atoms with Crippen LogP contribution in [0.25, 0.3) is 11.7 Å². The molecule has 8 heteroatoms. The molecule has 2 fully saturated rings. The fourth-order valence-electron chi connectivity index (χ4n) is 3.28. The molecule has 3 aromatic rings. The van der Waals surface area contributed by atoms with Gasteiger partial charge in [-0.1, -0.05) is 0 Å². The van der Waals surface area contributed by atoms with Crippen molar-refractivity contribution in [3.05, 3.63) is 59.2 Å². The summed E-state index contributed by atoms with van der Waals surface area (Å²) in [6.07, 6.45) is 9.95. The number of pyridine rings is 1. The van der Waals surface area contributed by atoms with Crippen LogP contribution in [0, 0.1) is 0 Å². The summed E-state index contributed by atoms with van der Waals surface area (Å²) in [5.41, 5.74) is 3.82. The molecule has 28 heavy (non-hydrogen) atoms. The summed E-state index contributed by atoms with van der Waals surface area (Å²) >= 11 is 0. The topological polar surface area (TPSA) is 101 Å². The third kappa shape index (κ3) is 3.24. The number of hydrogen-bond donors (Lipinski definition) is 2. The van der Waals surface area contributed by atoms with Crippen LogP contribution < -0.4 is 10.6 Å². The van der Waals surface area contributed by atoms with Gasteiger partial charge in [-0.15, -0.1) is 0 Å². The minimum absolute atomic E-state index is 0.0834. The van der Waals surface area contributed by atoms with Crippen LogP contribution in [0.5, 0.6) is 0 Å². The average Bonchev–Trinajstić information content (AvgIpc) is 3.32. The van der Waals surface area contributed by atoms with E-state index >= 15 is 0 Å². The predicted octanol–water partition coefficient (Wildman–Crippen LogP) is 1.72. The van der Waals surface area contributed by atoms with E-state index in [0.717, 1.165) is 35.5 Å². The van der Waals surface area contributed by atoms with Crippen molar-refractivity contribution in [2.45, 2.75) is 31.7 Å². The van der Waals surface area contributed by atoms with Gasteiger partial charge < -0.3 is 5.32 Å². The van der Waals surface area contributed by atoms with Crippen LogP contribution in [-0.4, -0.2) is 37.4 Å². The molecule has 0 atom stereocenters. The van der Waals surface area contributed by atoms with Crippen molar-refractivity contribution in [1.29, 1.82) is 0 Å². The summed E-state index contributed by atoms with van der Waals surface area (Å²) in [5, 5.41) is 10.3. The lowest BCUT2D eigenvalue weighted by Crippen LogP contribution is -2.19. The van der Waals surface area contributed by atoms with Gasteiger partial charge in [0.2, 0.25) is 5.91 Å². The number of hydrogen-bond acceptors (Lipinski definition) is 6. The van der Waals surface area contributed by atoms with Gasteiger partial charge in [0.05, 0.1) is 18.3 Å². The van der Waals surface area contributed by atoms with E-state index < -0.39 is 0 Å². The molecule has 0 aromatic carbocycles. The molecule has 0 radical (unpaired) electrons. The van der Waals surface area contributed by atoms with E-state index in [2.05, 4.69) is 20.7 Å². The standard InChI is InChI=1S/C20H18N6O2/c27-18-9-13(20(28)25-18)8-14-11-22-26-17(23-15-1-2-15)10-16(24-19(14)26)7-12-3-5-21-6-4-12/h3-6,8,10-11,15,23H,1-2,7,9H2,(H,25,27,28)/b13-8+. The summed E-state index contributed by atoms with van der Waals surface area (Å²) in [7, 11) is 0. The number of carbonyl (C=O) groups is 2. The van der Waals surface area contributed by atoms with Gasteiger partial charge in [0, 0.05) is 42.1 Å². The van der Waals surface area contributed by atoms with Crippen LogP contribution in [-0.2, 0) is 16.0 Å². The molecule has 0 bridgehead atoms. The minimum atomic E-state index is -0.353. The molecule has 140 valence electrons. The van der Waals surface area contributed by atoms with Crippen LogP contribution >= 0.6 is 0 Å². The second-order valence-electron chi connectivity index (χ2n) is 7.14. The Balaban J connectivity index is 1.58. The molecule has 0 unspecified atom stereocenters. The molecule has 8 nitrogen and oxygen atoms in total. The van der Waals surface area contributed by atoms with Crippen molar-refractivity contribution in [3.63, 3.8) is 0 Å². The van der Waals surface area contributed by atoms with Crippen molar-refractivity contribution in [1.82, 2.24) is 24.9 Å². The van der Waals surface area contributed by atoms with Gasteiger partial charge >= 0.3 is 0 Å². The minimum Gasteiger partial charge on any atom is -0.367 e. The highest BCUT2D eigenvalue weighted by molar-refractivity contribution is 6.15. The molecular weight excluding hydrogens is 356 g/mol. The highest BCUT2D eigenvalue weighted by Gasteiger charge is 2.25. The van der Waals surface area contributed by atoms with Gasteiger partial charge in [0.1, 0.15) is 5.82 Å². The zero-order valence-corrected chi connectivity index (χ0v) is 15.1. The highest BCUT2D eigenvalue weighted by atomic mass is 16.2. The number of aromatic nitrogens is 4. The van der Waals surface area contributed by atoms with Crippen molar-refractivity contribution in [3.8, 4) is 0 Å². The van der Waals surface area contributed by atoms with Gasteiger partial charge in [-0.05, 0) is 36.6 Å². The van der Waals surface area contributed by atoms with Gasteiger partial charge in [-0.2, -0.15) is 9.61 Å². The lowest BCUT2D eigenvalue weighted by atomic mass is 10.1. The summed E-state index contributed by atoms with van der Waals surface area (Å²) < 4.78 is 1.76. The third-order valence-electron chi connectivity index (χ3n) is 4.84.